The Labute approximate surface area is 383 Å². The number of hydrogen-bond donors (Lipinski definition) is 3. The molecule has 4 aromatic heterocycles. The number of amides is 2. The maximum Gasteiger partial charge on any atom is 0.398 e. The Balaban J connectivity index is 0.000000289. The minimum absolute atomic E-state index is 0. The number of rotatable bonds is 9. The molecule has 26 heteroatoms. The van der Waals surface area contributed by atoms with E-state index in [0.29, 0.717) is 5.82 Å². The van der Waals surface area contributed by atoms with Crippen LogP contribution >= 0.6 is 28.3 Å². The number of hydrogen-bond acceptors (Lipinski definition) is 8. The molecule has 0 saturated carbocycles. The van der Waals surface area contributed by atoms with Gasteiger partial charge in [-0.05, 0) is 49.2 Å². The highest BCUT2D eigenvalue weighted by Gasteiger charge is 2.47. The Kier molecular flexibility index (Phi) is 19.4. The average Bonchev–Trinajstić information content (AvgIpc) is 3.20. The zero-order valence-corrected chi connectivity index (χ0v) is 37.0. The number of piperidine rings is 2. The quantitative estimate of drug-likeness (QED) is 0.0663. The van der Waals surface area contributed by atoms with Crippen molar-refractivity contribution in [1.82, 2.24) is 20.2 Å². The molecule has 0 bridgehead atoms. The van der Waals surface area contributed by atoms with E-state index < -0.39 is 90.3 Å². The van der Waals surface area contributed by atoms with Crippen LogP contribution in [-0.2, 0) is 22.4 Å². The normalized spacial score (nSPS) is 19.0. The fourth-order valence-corrected chi connectivity index (χ4v) is 6.66. The zero-order chi connectivity index (χ0) is 48.5. The molecule has 12 nitrogen and oxygen atoms in total. The van der Waals surface area contributed by atoms with Crippen LogP contribution in [0.2, 0.25) is 0 Å². The lowest BCUT2D eigenvalue weighted by molar-refractivity contribution is -0.616. The lowest BCUT2D eigenvalue weighted by Gasteiger charge is -2.40. The number of nitrogens with one attached hydrogen (secondary N) is 3. The second kappa shape index (κ2) is 23.1. The molecule has 6 rings (SSSR count). The smallest absolute Gasteiger partial charge is 0.398 e. The highest BCUT2D eigenvalue weighted by molar-refractivity contribution is 9.10. The highest BCUT2D eigenvalue weighted by Crippen LogP contribution is 2.41. The van der Waals surface area contributed by atoms with Crippen LogP contribution in [0.1, 0.15) is 61.0 Å². The highest BCUT2D eigenvalue weighted by atomic mass is 79.9. The summed E-state index contributed by atoms with van der Waals surface area (Å²) in [7, 11) is 0. The molecular weight excluding hydrogens is 1000 g/mol. The van der Waals surface area contributed by atoms with Gasteiger partial charge in [-0.1, -0.05) is 15.9 Å². The van der Waals surface area contributed by atoms with E-state index in [2.05, 4.69) is 41.8 Å². The summed E-state index contributed by atoms with van der Waals surface area (Å²) in [6, 6.07) is 8.11. The number of carbonyl (C=O) groups excluding carboxylic acids is 2. The van der Waals surface area contributed by atoms with E-state index in [1.54, 1.807) is 6.92 Å². The van der Waals surface area contributed by atoms with E-state index in [0.717, 1.165) is 55.1 Å². The zero-order valence-electron chi connectivity index (χ0n) is 34.6. The SMILES string of the molecule is C[C@@H](Br)C(=O)Nc1ccc(F)cn1.C[C@@H](C(=O)Nc1ccc(F)cn1)N1CCC(F)(F)[C@@H](c2cc[n+]([O-])c(CC(F)(F)F)c2)C1.Cl.[O-][n+]1ccc(C2CNCCC2(F)F)cc1CC(F)(F)F. The second-order valence-corrected chi connectivity index (χ2v) is 16.3. The van der Waals surface area contributed by atoms with Gasteiger partial charge in [-0.2, -0.15) is 35.8 Å². The van der Waals surface area contributed by atoms with Gasteiger partial charge in [0.2, 0.25) is 23.2 Å². The molecule has 2 amide bonds. The van der Waals surface area contributed by atoms with E-state index in [4.69, 9.17) is 0 Å². The van der Waals surface area contributed by atoms with Gasteiger partial charge in [-0.15, -0.1) is 12.4 Å². The molecule has 2 aliphatic heterocycles. The lowest BCUT2D eigenvalue weighted by Crippen LogP contribution is -2.52. The third-order valence-corrected chi connectivity index (χ3v) is 10.4. The number of aromatic nitrogens is 4. The fourth-order valence-electron chi connectivity index (χ4n) is 6.55. The van der Waals surface area contributed by atoms with Gasteiger partial charge in [0.1, 0.15) is 36.1 Å². The first kappa shape index (κ1) is 55.3. The molecule has 0 aromatic carbocycles. The van der Waals surface area contributed by atoms with Crippen molar-refractivity contribution in [2.45, 2.75) is 86.4 Å². The van der Waals surface area contributed by atoms with Gasteiger partial charge < -0.3 is 26.4 Å². The van der Waals surface area contributed by atoms with Gasteiger partial charge in [0.05, 0.1) is 35.1 Å². The summed E-state index contributed by atoms with van der Waals surface area (Å²) >= 11 is 3.10. The summed E-state index contributed by atoms with van der Waals surface area (Å²) in [4.78, 5) is 32.2. The number of likely N-dealkylation sites (tertiary alicyclic amines) is 1. The maximum absolute atomic E-state index is 14.7. The molecule has 2 fully saturated rings. The number of carbonyl (C=O) groups is 2. The van der Waals surface area contributed by atoms with Crippen molar-refractivity contribution in [2.24, 2.45) is 0 Å². The number of alkyl halides is 11. The van der Waals surface area contributed by atoms with Crippen LogP contribution in [0.5, 0.6) is 0 Å². The van der Waals surface area contributed by atoms with Crippen molar-refractivity contribution in [2.75, 3.05) is 36.8 Å². The first-order chi connectivity index (χ1) is 30.1. The van der Waals surface area contributed by atoms with E-state index in [-0.39, 0.29) is 82.1 Å². The minimum Gasteiger partial charge on any atom is -0.618 e. The van der Waals surface area contributed by atoms with Crippen molar-refractivity contribution in [3.63, 3.8) is 0 Å². The molecule has 0 radical (unpaired) electrons. The van der Waals surface area contributed by atoms with Crippen molar-refractivity contribution in [3.05, 3.63) is 118 Å². The number of anilines is 2. The van der Waals surface area contributed by atoms with Gasteiger partial charge in [0.25, 0.3) is 11.8 Å². The summed E-state index contributed by atoms with van der Waals surface area (Å²) in [6.45, 7) is 2.88. The Hall–Kier alpha value is -5.01. The monoisotopic (exact) mass is 1040 g/mol. The molecule has 3 N–H and O–H groups in total. The van der Waals surface area contributed by atoms with Gasteiger partial charge >= 0.3 is 12.4 Å². The van der Waals surface area contributed by atoms with E-state index in [1.165, 1.54) is 30.0 Å². The van der Waals surface area contributed by atoms with Crippen LogP contribution in [0.15, 0.2) is 73.3 Å². The first-order valence-electron chi connectivity index (χ1n) is 19.4. The fraction of sp³-hybridized carbons (Fsp3) is 0.450. The standard InChI is InChI=1S/C20H20F6N4O2.C12H13F5N2O.C8H8BrFN2O.ClH/c1-12(18(31)28-17-3-2-14(21)10-27-17)29-7-5-19(22,23)16(11-29)13-4-6-30(32)15(8-13)9-20(24,25)26;13-11(14)2-3-18-7-10(11)8-1-4-19(20)9(5-8)6-12(15,16)17;1-5(9)8(13)12-7-3-2-6(10)4-11-7;/h2-4,6,8,10,12,16H,5,7,9,11H2,1H3,(H,27,28,31);1,4-5,10,18H,2-3,6-7H2;2-5H,1H3,(H,11,12,13);1H/t12-,16+;;5-;/m0.1./s1. The molecule has 4 aromatic rings. The molecule has 4 atom stereocenters. The predicted molar refractivity (Wildman–Crippen MR) is 220 cm³/mol. The molecule has 364 valence electrons. The summed E-state index contributed by atoms with van der Waals surface area (Å²) in [6.07, 6.45) is -9.62. The predicted octanol–water partition coefficient (Wildman–Crippen LogP) is 7.91. The van der Waals surface area contributed by atoms with Crippen LogP contribution in [0.25, 0.3) is 0 Å². The summed E-state index contributed by atoms with van der Waals surface area (Å²) in [5.74, 6) is -10.3. The van der Waals surface area contributed by atoms with E-state index in [1.807, 2.05) is 0 Å². The van der Waals surface area contributed by atoms with Gasteiger partial charge in [0, 0.05) is 63.3 Å². The van der Waals surface area contributed by atoms with Gasteiger partial charge in [0.15, 0.2) is 12.4 Å². The van der Waals surface area contributed by atoms with Crippen LogP contribution < -0.4 is 25.4 Å². The summed E-state index contributed by atoms with van der Waals surface area (Å²) in [5.41, 5.74) is -1.32. The van der Waals surface area contributed by atoms with Gasteiger partial charge in [-0.3, -0.25) is 14.5 Å². The molecule has 6 heterocycles. The molecule has 0 aliphatic carbocycles. The number of nitrogens with zero attached hydrogens (tertiary/aromatic N) is 5. The van der Waals surface area contributed by atoms with Crippen LogP contribution in [0.3, 0.4) is 0 Å². The Morgan fingerprint density at radius 1 is 0.788 bits per heavy atom. The van der Waals surface area contributed by atoms with Gasteiger partial charge in [-0.25, -0.2) is 36.3 Å². The molecule has 2 saturated heterocycles. The lowest BCUT2D eigenvalue weighted by atomic mass is 9.86. The van der Waals surface area contributed by atoms with Crippen molar-refractivity contribution in [3.8, 4) is 0 Å². The topological polar surface area (TPSA) is 153 Å². The Morgan fingerprint density at radius 2 is 1.24 bits per heavy atom. The number of pyridine rings is 4. The third-order valence-electron chi connectivity index (χ3n) is 10.0. The average molecular weight is 1040 g/mol. The van der Waals surface area contributed by atoms with Crippen molar-refractivity contribution in [1.29, 1.82) is 0 Å². The molecule has 0 spiro atoms. The molecular formula is C40H42BrClF12N8O4. The summed E-state index contributed by atoms with van der Waals surface area (Å²) < 4.78 is 157. The molecule has 66 heavy (non-hydrogen) atoms. The van der Waals surface area contributed by atoms with Crippen LogP contribution in [0, 0.1) is 22.0 Å². The van der Waals surface area contributed by atoms with Crippen LogP contribution in [-0.4, -0.2) is 87.9 Å². The van der Waals surface area contributed by atoms with E-state index >= 15 is 0 Å². The van der Waals surface area contributed by atoms with Crippen LogP contribution in [0.4, 0.5) is 64.3 Å². The maximum atomic E-state index is 14.7. The second-order valence-electron chi connectivity index (χ2n) is 15.0. The summed E-state index contributed by atoms with van der Waals surface area (Å²) in [5, 5.41) is 30.8. The third kappa shape index (κ3) is 16.7. The van der Waals surface area contributed by atoms with E-state index in [9.17, 15) is 72.7 Å². The number of halogens is 14. The van der Waals surface area contributed by atoms with Crippen molar-refractivity contribution < 1.29 is 71.7 Å². The van der Waals surface area contributed by atoms with Crippen molar-refractivity contribution >= 4 is 51.8 Å². The molecule has 2 aliphatic rings. The largest absolute Gasteiger partial charge is 0.618 e. The minimum atomic E-state index is -4.67. The molecule has 1 unspecified atom stereocenters. The first-order valence-corrected chi connectivity index (χ1v) is 20.3. The Bertz CT molecular complexity index is 2230. The Morgan fingerprint density at radius 3 is 1.67 bits per heavy atom.